The number of rotatable bonds is 14. The summed E-state index contributed by atoms with van der Waals surface area (Å²) in [6, 6.07) is 3.84. The molecule has 0 fully saturated rings. The number of alkyl halides is 2. The molecule has 0 aromatic heterocycles. The van der Waals surface area contributed by atoms with Crippen LogP contribution in [0.4, 0.5) is 13.6 Å². The summed E-state index contributed by atoms with van der Waals surface area (Å²) >= 11 is 0. The molecule has 9 heteroatoms. The molecule has 228 valence electrons. The number of nitrogens with one attached hydrogen (secondary N) is 1. The Balaban J connectivity index is 1.67. The Kier molecular flexibility index (Phi) is 11.8. The van der Waals surface area contributed by atoms with E-state index in [-0.39, 0.29) is 36.6 Å². The number of esters is 1. The molecule has 1 aliphatic carbocycles. The van der Waals surface area contributed by atoms with Gasteiger partial charge in [0.2, 0.25) is 0 Å². The molecule has 0 saturated carbocycles. The third-order valence-electron chi connectivity index (χ3n) is 7.71. The van der Waals surface area contributed by atoms with Gasteiger partial charge in [0.25, 0.3) is 0 Å². The van der Waals surface area contributed by atoms with Crippen LogP contribution in [-0.4, -0.2) is 31.3 Å². The summed E-state index contributed by atoms with van der Waals surface area (Å²) in [6.45, 7) is 12.1. The number of hydrogen-bond acceptors (Lipinski definition) is 6. The van der Waals surface area contributed by atoms with Gasteiger partial charge in [-0.05, 0) is 75.1 Å². The first kappa shape index (κ1) is 32.6. The van der Waals surface area contributed by atoms with E-state index >= 15 is 0 Å². The lowest BCUT2D eigenvalue weighted by atomic mass is 9.74. The maximum absolute atomic E-state index is 14.4. The second kappa shape index (κ2) is 14.8. The SMILES string of the molecule is C=C1Oc2cc(CCCCC)cc(OC(=O)NCCC(F)(F)OC(=O)C[C@@H](CN)CC(C)C)c2[C@@H]2C=C(C)CC[C@@H]12. The Hall–Kier alpha value is -2.94. The second-order valence-electron chi connectivity index (χ2n) is 11.8. The minimum atomic E-state index is -3.73. The van der Waals surface area contributed by atoms with Crippen molar-refractivity contribution in [2.75, 3.05) is 13.1 Å². The predicted octanol–water partition coefficient (Wildman–Crippen LogP) is 7.39. The zero-order valence-corrected chi connectivity index (χ0v) is 24.9. The molecule has 0 unspecified atom stereocenters. The van der Waals surface area contributed by atoms with Crippen molar-refractivity contribution in [2.45, 2.75) is 97.5 Å². The van der Waals surface area contributed by atoms with Crippen LogP contribution in [0, 0.1) is 17.8 Å². The zero-order chi connectivity index (χ0) is 30.2. The van der Waals surface area contributed by atoms with Gasteiger partial charge >= 0.3 is 18.2 Å². The number of ether oxygens (including phenoxy) is 3. The summed E-state index contributed by atoms with van der Waals surface area (Å²) in [5.74, 6) is 0.738. The fraction of sp³-hybridized carbons (Fsp3) is 0.625. The van der Waals surface area contributed by atoms with Crippen LogP contribution < -0.4 is 20.5 Å². The highest BCUT2D eigenvalue weighted by Crippen LogP contribution is 2.51. The number of benzene rings is 1. The van der Waals surface area contributed by atoms with Crippen molar-refractivity contribution in [3.8, 4) is 11.5 Å². The third-order valence-corrected chi connectivity index (χ3v) is 7.71. The van der Waals surface area contributed by atoms with E-state index in [2.05, 4.69) is 36.6 Å². The number of aryl methyl sites for hydroxylation is 1. The van der Waals surface area contributed by atoms with E-state index in [1.54, 1.807) is 0 Å². The predicted molar refractivity (Wildman–Crippen MR) is 155 cm³/mol. The van der Waals surface area contributed by atoms with Gasteiger partial charge in [-0.15, -0.1) is 0 Å². The molecule has 0 saturated heterocycles. The van der Waals surface area contributed by atoms with Crippen LogP contribution in [0.15, 0.2) is 36.1 Å². The van der Waals surface area contributed by atoms with E-state index < -0.39 is 31.1 Å². The van der Waals surface area contributed by atoms with Crippen LogP contribution in [-0.2, 0) is 16.0 Å². The van der Waals surface area contributed by atoms with Crippen molar-refractivity contribution in [3.63, 3.8) is 0 Å². The molecule has 1 amide bonds. The smallest absolute Gasteiger partial charge is 0.412 e. The van der Waals surface area contributed by atoms with Gasteiger partial charge in [0.05, 0.1) is 6.42 Å². The molecule has 3 atom stereocenters. The van der Waals surface area contributed by atoms with Gasteiger partial charge in [-0.25, -0.2) is 4.79 Å². The molecule has 1 heterocycles. The van der Waals surface area contributed by atoms with Crippen LogP contribution >= 0.6 is 0 Å². The molecule has 1 aliphatic heterocycles. The number of fused-ring (bicyclic) bond motifs is 3. The first-order chi connectivity index (χ1) is 19.4. The van der Waals surface area contributed by atoms with Gasteiger partial charge < -0.3 is 25.3 Å². The fourth-order valence-electron chi connectivity index (χ4n) is 5.68. The molecule has 3 rings (SSSR count). The van der Waals surface area contributed by atoms with E-state index in [0.29, 0.717) is 23.7 Å². The van der Waals surface area contributed by atoms with Crippen LogP contribution in [0.25, 0.3) is 0 Å². The summed E-state index contributed by atoms with van der Waals surface area (Å²) in [7, 11) is 0. The van der Waals surface area contributed by atoms with E-state index in [1.807, 2.05) is 26.0 Å². The number of unbranched alkanes of at least 4 members (excludes halogenated alkanes) is 2. The Bertz CT molecular complexity index is 1120. The topological polar surface area (TPSA) is 99.9 Å². The van der Waals surface area contributed by atoms with Crippen molar-refractivity contribution < 1.29 is 32.6 Å². The molecule has 0 radical (unpaired) electrons. The van der Waals surface area contributed by atoms with Gasteiger partial charge in [0.15, 0.2) is 0 Å². The standard InChI is InChI=1S/C32H46F2N2O5/c1-6-7-8-9-23-16-27-30(26-15-21(4)10-11-25(26)22(5)39-27)28(17-23)40-31(38)36-13-12-32(33,34)41-29(37)18-24(19-35)14-20(2)3/h15-17,20,24-26H,5-14,18-19,35H2,1-4H3,(H,36,38)/t24-,25-,26+/m0/s1. The summed E-state index contributed by atoms with van der Waals surface area (Å²) in [5, 5.41) is 2.38. The second-order valence-corrected chi connectivity index (χ2v) is 11.8. The highest BCUT2D eigenvalue weighted by molar-refractivity contribution is 5.72. The fourth-order valence-corrected chi connectivity index (χ4v) is 5.68. The normalized spacial score (nSPS) is 19.0. The van der Waals surface area contributed by atoms with Crippen LogP contribution in [0.3, 0.4) is 0 Å². The van der Waals surface area contributed by atoms with E-state index in [0.717, 1.165) is 49.7 Å². The number of halogens is 2. The summed E-state index contributed by atoms with van der Waals surface area (Å²) in [5.41, 5.74) is 8.65. The highest BCUT2D eigenvalue weighted by atomic mass is 19.3. The molecule has 0 bridgehead atoms. The van der Waals surface area contributed by atoms with Crippen molar-refractivity contribution in [3.05, 3.63) is 47.2 Å². The number of carbonyl (C=O) groups excluding carboxylic acids is 2. The minimum Gasteiger partial charge on any atom is -0.462 e. The minimum absolute atomic E-state index is 0.0516. The summed E-state index contributed by atoms with van der Waals surface area (Å²) in [4.78, 5) is 24.9. The maximum Gasteiger partial charge on any atom is 0.412 e. The molecule has 1 aromatic carbocycles. The monoisotopic (exact) mass is 576 g/mol. The number of allylic oxidation sites excluding steroid dienone is 3. The van der Waals surface area contributed by atoms with Gasteiger partial charge in [-0.3, -0.25) is 4.79 Å². The molecule has 41 heavy (non-hydrogen) atoms. The van der Waals surface area contributed by atoms with Gasteiger partial charge in [-0.2, -0.15) is 8.78 Å². The average Bonchev–Trinajstić information content (AvgIpc) is 2.87. The Morgan fingerprint density at radius 1 is 1.27 bits per heavy atom. The Labute approximate surface area is 242 Å². The third kappa shape index (κ3) is 9.55. The number of hydrogen-bond donors (Lipinski definition) is 2. The van der Waals surface area contributed by atoms with Crippen LogP contribution in [0.1, 0.15) is 96.1 Å². The molecular formula is C32H46F2N2O5. The Morgan fingerprint density at radius 3 is 2.71 bits per heavy atom. The molecule has 2 aliphatic rings. The number of amides is 1. The van der Waals surface area contributed by atoms with Gasteiger partial charge in [0.1, 0.15) is 17.3 Å². The van der Waals surface area contributed by atoms with Crippen LogP contribution in [0.2, 0.25) is 0 Å². The molecule has 1 aromatic rings. The van der Waals surface area contributed by atoms with Gasteiger partial charge in [0, 0.05) is 30.4 Å². The van der Waals surface area contributed by atoms with E-state index in [4.69, 9.17) is 15.2 Å². The largest absolute Gasteiger partial charge is 0.462 e. The lowest BCUT2D eigenvalue weighted by molar-refractivity contribution is -0.235. The number of nitrogens with two attached hydrogens (primary N) is 1. The molecule has 0 spiro atoms. The van der Waals surface area contributed by atoms with Crippen molar-refractivity contribution >= 4 is 12.1 Å². The quantitative estimate of drug-likeness (QED) is 0.136. The highest BCUT2D eigenvalue weighted by Gasteiger charge is 2.38. The average molecular weight is 577 g/mol. The summed E-state index contributed by atoms with van der Waals surface area (Å²) < 4.78 is 45.0. The lowest BCUT2D eigenvalue weighted by Gasteiger charge is -2.37. The molecular weight excluding hydrogens is 530 g/mol. The summed E-state index contributed by atoms with van der Waals surface area (Å²) in [6.07, 6.45) is 2.89. The molecule has 3 N–H and O–H groups in total. The zero-order valence-electron chi connectivity index (χ0n) is 24.9. The first-order valence-corrected chi connectivity index (χ1v) is 14.9. The van der Waals surface area contributed by atoms with E-state index in [9.17, 15) is 18.4 Å². The van der Waals surface area contributed by atoms with Crippen molar-refractivity contribution in [1.82, 2.24) is 5.32 Å². The first-order valence-electron chi connectivity index (χ1n) is 14.9. The van der Waals surface area contributed by atoms with Crippen LogP contribution in [0.5, 0.6) is 11.5 Å². The number of carbonyl (C=O) groups is 2. The van der Waals surface area contributed by atoms with Gasteiger partial charge in [-0.1, -0.05) is 51.8 Å². The maximum atomic E-state index is 14.4. The van der Waals surface area contributed by atoms with Crippen molar-refractivity contribution in [2.24, 2.45) is 23.5 Å². The molecule has 7 nitrogen and oxygen atoms in total. The van der Waals surface area contributed by atoms with Crippen molar-refractivity contribution in [1.29, 1.82) is 0 Å². The van der Waals surface area contributed by atoms with E-state index in [1.165, 1.54) is 5.57 Å². The lowest BCUT2D eigenvalue weighted by Crippen LogP contribution is -2.35. The Morgan fingerprint density at radius 2 is 2.02 bits per heavy atom.